The zero-order valence-corrected chi connectivity index (χ0v) is 8.34. The third-order valence-corrected chi connectivity index (χ3v) is 2.58. The maximum absolute atomic E-state index is 5.99. The first-order valence-electron chi connectivity index (χ1n) is 4.74. The maximum atomic E-state index is 5.99. The Morgan fingerprint density at radius 1 is 1.53 bits per heavy atom. The lowest BCUT2D eigenvalue weighted by molar-refractivity contribution is 0.345. The van der Waals surface area contributed by atoms with Gasteiger partial charge in [0.25, 0.3) is 6.01 Å². The van der Waals surface area contributed by atoms with Crippen molar-refractivity contribution < 1.29 is 4.74 Å². The van der Waals surface area contributed by atoms with Crippen molar-refractivity contribution in [2.24, 2.45) is 7.05 Å². The van der Waals surface area contributed by atoms with Crippen molar-refractivity contribution in [2.45, 2.75) is 6.54 Å². The molecule has 1 aliphatic rings. The topological polar surface area (TPSA) is 70.9 Å². The van der Waals surface area contributed by atoms with Crippen LogP contribution in [0.3, 0.4) is 0 Å². The smallest absolute Gasteiger partial charge is 0.298 e. The average molecular weight is 205 g/mol. The van der Waals surface area contributed by atoms with Crippen molar-refractivity contribution in [3.8, 4) is 17.4 Å². The van der Waals surface area contributed by atoms with Gasteiger partial charge < -0.3 is 10.5 Å². The van der Waals surface area contributed by atoms with Crippen molar-refractivity contribution in [2.75, 3.05) is 12.3 Å². The molecule has 0 saturated heterocycles. The van der Waals surface area contributed by atoms with Crippen LogP contribution in [0.2, 0.25) is 0 Å². The number of nitrogens with zero attached hydrogens (tertiary/aromatic N) is 4. The van der Waals surface area contributed by atoms with E-state index in [1.165, 1.54) is 0 Å². The van der Waals surface area contributed by atoms with Crippen LogP contribution < -0.4 is 10.5 Å². The molecule has 0 spiro atoms. The standard InChI is InChI=1S/C9H11N5O/c1-13-6(2-3-11-13)7-8(10)14-4-5-15-9(14)12-7/h2-3H,4-5,10H2,1H3. The number of imidazole rings is 1. The van der Waals surface area contributed by atoms with E-state index in [-0.39, 0.29) is 0 Å². The Hall–Kier alpha value is -1.98. The van der Waals surface area contributed by atoms with Gasteiger partial charge in [0.2, 0.25) is 0 Å². The lowest BCUT2D eigenvalue weighted by Crippen LogP contribution is -2.02. The number of nitrogen functional groups attached to an aromatic ring is 1. The molecule has 0 fully saturated rings. The number of rotatable bonds is 1. The molecule has 6 heteroatoms. The highest BCUT2D eigenvalue weighted by Gasteiger charge is 2.22. The number of anilines is 1. The predicted octanol–water partition coefficient (Wildman–Crippen LogP) is 0.258. The Bertz CT molecular complexity index is 513. The Kier molecular flexibility index (Phi) is 1.53. The van der Waals surface area contributed by atoms with E-state index in [1.807, 2.05) is 17.7 Å². The maximum Gasteiger partial charge on any atom is 0.298 e. The third kappa shape index (κ3) is 1.04. The monoisotopic (exact) mass is 205 g/mol. The Balaban J connectivity index is 2.18. The summed E-state index contributed by atoms with van der Waals surface area (Å²) in [6, 6.07) is 2.48. The fourth-order valence-electron chi connectivity index (χ4n) is 1.79. The lowest BCUT2D eigenvalue weighted by atomic mass is 10.3. The fraction of sp³-hybridized carbons (Fsp3) is 0.333. The van der Waals surface area contributed by atoms with Crippen LogP contribution in [0.4, 0.5) is 5.82 Å². The summed E-state index contributed by atoms with van der Waals surface area (Å²) < 4.78 is 8.96. The van der Waals surface area contributed by atoms with E-state index in [1.54, 1.807) is 10.9 Å². The van der Waals surface area contributed by atoms with Gasteiger partial charge in [0.1, 0.15) is 18.1 Å². The zero-order chi connectivity index (χ0) is 10.4. The number of nitrogens with two attached hydrogens (primary N) is 1. The normalized spacial score (nSPS) is 13.9. The number of ether oxygens (including phenoxy) is 1. The summed E-state index contributed by atoms with van der Waals surface area (Å²) in [6.07, 6.45) is 1.72. The van der Waals surface area contributed by atoms with E-state index in [0.29, 0.717) is 18.4 Å². The molecular formula is C9H11N5O. The number of hydrogen-bond donors (Lipinski definition) is 1. The van der Waals surface area contributed by atoms with Crippen LogP contribution >= 0.6 is 0 Å². The van der Waals surface area contributed by atoms with Gasteiger partial charge >= 0.3 is 0 Å². The molecule has 0 aliphatic carbocycles. The van der Waals surface area contributed by atoms with E-state index in [9.17, 15) is 0 Å². The second-order valence-corrected chi connectivity index (χ2v) is 3.47. The van der Waals surface area contributed by atoms with Crippen LogP contribution in [0.25, 0.3) is 11.4 Å². The molecule has 2 aromatic heterocycles. The molecule has 0 atom stereocenters. The first kappa shape index (κ1) is 8.34. The van der Waals surface area contributed by atoms with E-state index in [4.69, 9.17) is 10.5 Å². The van der Waals surface area contributed by atoms with Gasteiger partial charge in [-0.15, -0.1) is 0 Å². The Morgan fingerprint density at radius 3 is 3.07 bits per heavy atom. The summed E-state index contributed by atoms with van der Waals surface area (Å²) in [4.78, 5) is 4.35. The largest absolute Gasteiger partial charge is 0.463 e. The molecular weight excluding hydrogens is 194 g/mol. The number of aryl methyl sites for hydroxylation is 1. The summed E-state index contributed by atoms with van der Waals surface area (Å²) in [5.41, 5.74) is 7.64. The van der Waals surface area contributed by atoms with E-state index < -0.39 is 0 Å². The number of hydrogen-bond acceptors (Lipinski definition) is 4. The summed E-state index contributed by atoms with van der Waals surface area (Å²) in [5.74, 6) is 0.645. The van der Waals surface area contributed by atoms with Crippen LogP contribution in [-0.2, 0) is 13.6 Å². The van der Waals surface area contributed by atoms with Gasteiger partial charge in [0.05, 0.1) is 12.2 Å². The quantitative estimate of drug-likeness (QED) is 0.724. The second kappa shape index (κ2) is 2.75. The molecule has 0 radical (unpaired) electrons. The SMILES string of the molecule is Cn1nccc1-c1nc2n(c1N)CCO2. The first-order valence-corrected chi connectivity index (χ1v) is 4.74. The molecule has 3 rings (SSSR count). The molecule has 2 N–H and O–H groups in total. The summed E-state index contributed by atoms with van der Waals surface area (Å²) >= 11 is 0. The van der Waals surface area contributed by atoms with Crippen molar-refractivity contribution in [3.63, 3.8) is 0 Å². The minimum Gasteiger partial charge on any atom is -0.463 e. The van der Waals surface area contributed by atoms with E-state index >= 15 is 0 Å². The molecule has 0 saturated carbocycles. The van der Waals surface area contributed by atoms with Crippen LogP contribution in [-0.4, -0.2) is 25.9 Å². The molecule has 15 heavy (non-hydrogen) atoms. The molecule has 0 amide bonds. The van der Waals surface area contributed by atoms with Gasteiger partial charge in [-0.05, 0) is 6.07 Å². The first-order chi connectivity index (χ1) is 7.27. The molecule has 0 aromatic carbocycles. The molecule has 2 aromatic rings. The number of fused-ring (bicyclic) bond motifs is 1. The van der Waals surface area contributed by atoms with Gasteiger partial charge in [-0.25, -0.2) is 0 Å². The molecule has 0 unspecified atom stereocenters. The average Bonchev–Trinajstić information content (AvgIpc) is 2.85. The van der Waals surface area contributed by atoms with E-state index in [2.05, 4.69) is 10.1 Å². The highest BCUT2D eigenvalue weighted by atomic mass is 16.5. The van der Waals surface area contributed by atoms with Crippen molar-refractivity contribution in [1.29, 1.82) is 0 Å². The van der Waals surface area contributed by atoms with Gasteiger partial charge in [-0.1, -0.05) is 0 Å². The second-order valence-electron chi connectivity index (χ2n) is 3.47. The van der Waals surface area contributed by atoms with Crippen molar-refractivity contribution in [1.82, 2.24) is 19.3 Å². The van der Waals surface area contributed by atoms with Crippen LogP contribution in [0.5, 0.6) is 6.01 Å². The molecule has 6 nitrogen and oxygen atoms in total. The molecule has 0 bridgehead atoms. The minimum atomic E-state index is 0.601. The van der Waals surface area contributed by atoms with Gasteiger partial charge in [0.15, 0.2) is 0 Å². The van der Waals surface area contributed by atoms with Crippen LogP contribution in [0, 0.1) is 0 Å². The molecule has 1 aliphatic heterocycles. The highest BCUT2D eigenvalue weighted by molar-refractivity contribution is 5.69. The highest BCUT2D eigenvalue weighted by Crippen LogP contribution is 2.31. The lowest BCUT2D eigenvalue weighted by Gasteiger charge is -2.00. The van der Waals surface area contributed by atoms with E-state index in [0.717, 1.165) is 17.9 Å². The number of aromatic nitrogens is 4. The summed E-state index contributed by atoms with van der Waals surface area (Å²) in [6.45, 7) is 1.42. The zero-order valence-electron chi connectivity index (χ0n) is 8.34. The van der Waals surface area contributed by atoms with Gasteiger partial charge in [0, 0.05) is 13.2 Å². The fourth-order valence-corrected chi connectivity index (χ4v) is 1.79. The van der Waals surface area contributed by atoms with Crippen molar-refractivity contribution in [3.05, 3.63) is 12.3 Å². The summed E-state index contributed by atoms with van der Waals surface area (Å²) in [5, 5.41) is 4.09. The van der Waals surface area contributed by atoms with Crippen LogP contribution in [0.1, 0.15) is 0 Å². The van der Waals surface area contributed by atoms with Gasteiger partial charge in [-0.2, -0.15) is 10.1 Å². The van der Waals surface area contributed by atoms with Crippen molar-refractivity contribution >= 4 is 5.82 Å². The third-order valence-electron chi connectivity index (χ3n) is 2.58. The Morgan fingerprint density at radius 2 is 2.40 bits per heavy atom. The summed E-state index contributed by atoms with van der Waals surface area (Å²) in [7, 11) is 1.86. The predicted molar refractivity (Wildman–Crippen MR) is 54.3 cm³/mol. The van der Waals surface area contributed by atoms with Crippen LogP contribution in [0.15, 0.2) is 12.3 Å². The molecule has 78 valence electrons. The van der Waals surface area contributed by atoms with Gasteiger partial charge in [-0.3, -0.25) is 9.25 Å². The Labute approximate surface area is 86.3 Å². The molecule has 3 heterocycles. The minimum absolute atomic E-state index is 0.601.